The molecule has 0 fully saturated rings. The highest BCUT2D eigenvalue weighted by Crippen LogP contribution is 2.22. The highest BCUT2D eigenvalue weighted by atomic mass is 19.3. The summed E-state index contributed by atoms with van der Waals surface area (Å²) in [5.41, 5.74) is 0.801. The van der Waals surface area contributed by atoms with E-state index in [-0.39, 0.29) is 5.75 Å². The van der Waals surface area contributed by atoms with E-state index in [1.807, 2.05) is 19.0 Å². The van der Waals surface area contributed by atoms with Gasteiger partial charge in [0.2, 0.25) is 0 Å². The number of benzene rings is 1. The summed E-state index contributed by atoms with van der Waals surface area (Å²) in [4.78, 5) is 2.03. The molecule has 1 aromatic carbocycles. The summed E-state index contributed by atoms with van der Waals surface area (Å²) in [6, 6.07) is 4.84. The van der Waals surface area contributed by atoms with Crippen LogP contribution in [0.1, 0.15) is 0 Å². The number of nitrogens with zero attached hydrogens (tertiary/aromatic N) is 3. The molecule has 0 amide bonds. The fourth-order valence-electron chi connectivity index (χ4n) is 1.70. The Kier molecular flexibility index (Phi) is 3.76. The van der Waals surface area contributed by atoms with E-state index in [1.54, 1.807) is 23.0 Å². The molecular formula is C12H15F2N3O. The number of hydrogen-bond acceptors (Lipinski definition) is 3. The highest BCUT2D eigenvalue weighted by Gasteiger charge is 2.08. The van der Waals surface area contributed by atoms with Crippen molar-refractivity contribution >= 4 is 10.9 Å². The maximum Gasteiger partial charge on any atom is 0.387 e. The molecule has 2 rings (SSSR count). The standard InChI is InChI=1S/C12H15F2N3O/c1-16(2)5-6-17-11-7-10(18-12(13)14)4-3-9(11)8-15-17/h3-4,7-8,12H,5-6H2,1-2H3. The first kappa shape index (κ1) is 12.8. The van der Waals surface area contributed by atoms with Gasteiger partial charge in [0.05, 0.1) is 18.3 Å². The Morgan fingerprint density at radius 3 is 2.83 bits per heavy atom. The number of halogens is 2. The Balaban J connectivity index is 2.25. The molecule has 0 spiro atoms. The smallest absolute Gasteiger partial charge is 0.387 e. The lowest BCUT2D eigenvalue weighted by molar-refractivity contribution is -0.0497. The van der Waals surface area contributed by atoms with Gasteiger partial charge in [-0.1, -0.05) is 0 Å². The van der Waals surface area contributed by atoms with Crippen molar-refractivity contribution in [1.29, 1.82) is 0 Å². The second-order valence-electron chi connectivity index (χ2n) is 4.27. The third kappa shape index (κ3) is 2.95. The maximum atomic E-state index is 12.1. The largest absolute Gasteiger partial charge is 0.435 e. The first-order chi connectivity index (χ1) is 8.56. The molecular weight excluding hydrogens is 240 g/mol. The lowest BCUT2D eigenvalue weighted by Crippen LogP contribution is -2.18. The number of hydrogen-bond donors (Lipinski definition) is 0. The molecule has 0 bridgehead atoms. The Hall–Kier alpha value is -1.69. The number of aromatic nitrogens is 2. The zero-order chi connectivity index (χ0) is 13.1. The SMILES string of the molecule is CN(C)CCn1ncc2ccc(OC(F)F)cc21. The first-order valence-electron chi connectivity index (χ1n) is 5.61. The molecule has 2 aromatic rings. The fraction of sp³-hybridized carbons (Fsp3) is 0.417. The van der Waals surface area contributed by atoms with Gasteiger partial charge in [0.25, 0.3) is 0 Å². The van der Waals surface area contributed by atoms with Crippen LogP contribution in [0.2, 0.25) is 0 Å². The predicted molar refractivity (Wildman–Crippen MR) is 64.9 cm³/mol. The third-order valence-corrected chi connectivity index (χ3v) is 2.60. The van der Waals surface area contributed by atoms with E-state index in [9.17, 15) is 8.78 Å². The van der Waals surface area contributed by atoms with Crippen LogP contribution in [0.4, 0.5) is 8.78 Å². The van der Waals surface area contributed by atoms with Crippen LogP contribution in [0.15, 0.2) is 24.4 Å². The molecule has 0 N–H and O–H groups in total. The van der Waals surface area contributed by atoms with Gasteiger partial charge < -0.3 is 9.64 Å². The number of ether oxygens (including phenoxy) is 1. The van der Waals surface area contributed by atoms with E-state index in [1.165, 1.54) is 6.07 Å². The molecule has 98 valence electrons. The summed E-state index contributed by atoms with van der Waals surface area (Å²) in [7, 11) is 3.94. The van der Waals surface area contributed by atoms with Gasteiger partial charge in [-0.15, -0.1) is 0 Å². The van der Waals surface area contributed by atoms with Gasteiger partial charge in [-0.3, -0.25) is 4.68 Å². The van der Waals surface area contributed by atoms with Crippen LogP contribution in [0.25, 0.3) is 10.9 Å². The number of rotatable bonds is 5. The van der Waals surface area contributed by atoms with Crippen LogP contribution in [0, 0.1) is 0 Å². The van der Waals surface area contributed by atoms with Crippen molar-refractivity contribution in [3.8, 4) is 5.75 Å². The quantitative estimate of drug-likeness (QED) is 0.820. The van der Waals surface area contributed by atoms with Crippen LogP contribution in [-0.4, -0.2) is 41.9 Å². The summed E-state index contributed by atoms with van der Waals surface area (Å²) in [6.45, 7) is -1.27. The Morgan fingerprint density at radius 1 is 1.39 bits per heavy atom. The van der Waals surface area contributed by atoms with E-state index in [4.69, 9.17) is 0 Å². The van der Waals surface area contributed by atoms with Crippen molar-refractivity contribution < 1.29 is 13.5 Å². The molecule has 0 aliphatic rings. The van der Waals surface area contributed by atoms with Gasteiger partial charge in [0, 0.05) is 18.0 Å². The van der Waals surface area contributed by atoms with Crippen molar-refractivity contribution in [2.45, 2.75) is 13.2 Å². The molecule has 1 heterocycles. The summed E-state index contributed by atoms with van der Waals surface area (Å²) in [6.07, 6.45) is 1.72. The summed E-state index contributed by atoms with van der Waals surface area (Å²) >= 11 is 0. The van der Waals surface area contributed by atoms with E-state index in [2.05, 4.69) is 9.84 Å². The minimum absolute atomic E-state index is 0.157. The van der Waals surface area contributed by atoms with E-state index < -0.39 is 6.61 Å². The minimum Gasteiger partial charge on any atom is -0.435 e. The number of fused-ring (bicyclic) bond motifs is 1. The van der Waals surface area contributed by atoms with Gasteiger partial charge in [-0.25, -0.2) is 0 Å². The zero-order valence-electron chi connectivity index (χ0n) is 10.3. The number of likely N-dealkylation sites (N-methyl/N-ethyl adjacent to an activating group) is 1. The summed E-state index contributed by atoms with van der Waals surface area (Å²) < 4.78 is 30.5. The van der Waals surface area contributed by atoms with Crippen LogP contribution in [0.3, 0.4) is 0 Å². The molecule has 0 unspecified atom stereocenters. The molecule has 1 aromatic heterocycles. The van der Waals surface area contributed by atoms with Crippen LogP contribution in [-0.2, 0) is 6.54 Å². The van der Waals surface area contributed by atoms with Crippen LogP contribution < -0.4 is 4.74 Å². The molecule has 6 heteroatoms. The van der Waals surface area contributed by atoms with Gasteiger partial charge in [0.15, 0.2) is 0 Å². The molecule has 0 aliphatic carbocycles. The summed E-state index contributed by atoms with van der Waals surface area (Å²) in [5.74, 6) is 0.157. The average Bonchev–Trinajstić information content (AvgIpc) is 2.68. The number of alkyl halides is 2. The molecule has 0 saturated heterocycles. The van der Waals surface area contributed by atoms with Gasteiger partial charge in [-0.05, 0) is 26.2 Å². The lowest BCUT2D eigenvalue weighted by atomic mass is 10.2. The topological polar surface area (TPSA) is 30.3 Å². The molecule has 0 aliphatic heterocycles. The molecule has 0 radical (unpaired) electrons. The maximum absolute atomic E-state index is 12.1. The normalized spacial score (nSPS) is 11.7. The van der Waals surface area contributed by atoms with E-state index >= 15 is 0 Å². The van der Waals surface area contributed by atoms with Crippen molar-refractivity contribution in [2.75, 3.05) is 20.6 Å². The second-order valence-corrected chi connectivity index (χ2v) is 4.27. The Morgan fingerprint density at radius 2 is 2.17 bits per heavy atom. The van der Waals surface area contributed by atoms with E-state index in [0.717, 1.165) is 17.4 Å². The van der Waals surface area contributed by atoms with Gasteiger partial charge in [0.1, 0.15) is 5.75 Å². The Labute approximate surface area is 104 Å². The third-order valence-electron chi connectivity index (χ3n) is 2.60. The fourth-order valence-corrected chi connectivity index (χ4v) is 1.70. The van der Waals surface area contributed by atoms with Crippen molar-refractivity contribution in [3.63, 3.8) is 0 Å². The zero-order valence-corrected chi connectivity index (χ0v) is 10.3. The predicted octanol–water partition coefficient (Wildman–Crippen LogP) is 2.20. The van der Waals surface area contributed by atoms with Crippen molar-refractivity contribution in [2.24, 2.45) is 0 Å². The molecule has 0 saturated carbocycles. The molecule has 4 nitrogen and oxygen atoms in total. The summed E-state index contributed by atoms with van der Waals surface area (Å²) in [5, 5.41) is 5.15. The van der Waals surface area contributed by atoms with Gasteiger partial charge in [-0.2, -0.15) is 13.9 Å². The minimum atomic E-state index is -2.81. The molecule has 0 atom stereocenters. The van der Waals surface area contributed by atoms with Crippen LogP contribution in [0.5, 0.6) is 5.75 Å². The van der Waals surface area contributed by atoms with Crippen LogP contribution >= 0.6 is 0 Å². The lowest BCUT2D eigenvalue weighted by Gasteiger charge is -2.10. The Bertz CT molecular complexity index is 525. The highest BCUT2D eigenvalue weighted by molar-refractivity contribution is 5.80. The first-order valence-corrected chi connectivity index (χ1v) is 5.61. The average molecular weight is 255 g/mol. The van der Waals surface area contributed by atoms with Crippen molar-refractivity contribution in [1.82, 2.24) is 14.7 Å². The van der Waals surface area contributed by atoms with Crippen molar-refractivity contribution in [3.05, 3.63) is 24.4 Å². The second kappa shape index (κ2) is 5.30. The van der Waals surface area contributed by atoms with E-state index in [0.29, 0.717) is 6.54 Å². The monoisotopic (exact) mass is 255 g/mol. The van der Waals surface area contributed by atoms with Gasteiger partial charge >= 0.3 is 6.61 Å². The molecule has 18 heavy (non-hydrogen) atoms.